The predicted octanol–water partition coefficient (Wildman–Crippen LogP) is 2.93. The van der Waals surface area contributed by atoms with Gasteiger partial charge in [0.15, 0.2) is 0 Å². The molecule has 1 unspecified atom stereocenters. The van der Waals surface area contributed by atoms with Crippen LogP contribution in [0.4, 0.5) is 0 Å². The number of aliphatic hydroxyl groups is 1. The Bertz CT molecular complexity index is 830. The van der Waals surface area contributed by atoms with Gasteiger partial charge in [0.05, 0.1) is 23.2 Å². The molecule has 0 aromatic rings. The van der Waals surface area contributed by atoms with Crippen molar-refractivity contribution in [3.63, 3.8) is 0 Å². The van der Waals surface area contributed by atoms with Crippen LogP contribution >= 0.6 is 11.8 Å². The molecule has 0 aliphatic carbocycles. The summed E-state index contributed by atoms with van der Waals surface area (Å²) in [5.41, 5.74) is 0. The van der Waals surface area contributed by atoms with Crippen LogP contribution in [0.15, 0.2) is 24.3 Å². The zero-order chi connectivity index (χ0) is 24.1. The third-order valence-electron chi connectivity index (χ3n) is 7.52. The number of likely N-dealkylation sites (tertiary alicyclic amines) is 1. The van der Waals surface area contributed by atoms with Gasteiger partial charge in [0, 0.05) is 31.5 Å². The highest BCUT2D eigenvalue weighted by molar-refractivity contribution is 8.02. The van der Waals surface area contributed by atoms with Crippen LogP contribution in [-0.2, 0) is 19.1 Å². The molecular weight excluding hydrogens is 452 g/mol. The summed E-state index contributed by atoms with van der Waals surface area (Å²) in [7, 11) is 0. The number of unbranched alkanes of at least 4 members (excludes halogenated alkanes) is 4. The van der Waals surface area contributed by atoms with Gasteiger partial charge in [0.25, 0.3) is 0 Å². The normalized spacial score (nSPS) is 34.0. The van der Waals surface area contributed by atoms with E-state index >= 15 is 0 Å². The third-order valence-corrected chi connectivity index (χ3v) is 9.27. The summed E-state index contributed by atoms with van der Waals surface area (Å²) < 4.78 is 4.83. The first kappa shape index (κ1) is 25.3. The topological polar surface area (TPSA) is 87.2 Å². The second-order valence-corrected chi connectivity index (χ2v) is 11.3. The molecule has 5 atom stereocenters. The molecule has 0 radical (unpaired) electrons. The quantitative estimate of drug-likeness (QED) is 0.304. The van der Waals surface area contributed by atoms with Crippen LogP contribution in [0.25, 0.3) is 0 Å². The first-order valence-electron chi connectivity index (χ1n) is 12.9. The average Bonchev–Trinajstić information content (AvgIpc) is 3.23. The molecule has 2 saturated heterocycles. The van der Waals surface area contributed by atoms with Gasteiger partial charge in [-0.1, -0.05) is 44.1 Å². The molecule has 8 heteroatoms. The molecule has 2 amide bonds. The molecule has 2 fully saturated rings. The molecule has 4 aliphatic rings. The van der Waals surface area contributed by atoms with Gasteiger partial charge in [-0.15, -0.1) is 11.8 Å². The zero-order valence-electron chi connectivity index (χ0n) is 20.2. The van der Waals surface area contributed by atoms with E-state index in [1.54, 1.807) is 16.7 Å². The van der Waals surface area contributed by atoms with E-state index in [0.29, 0.717) is 32.7 Å². The third kappa shape index (κ3) is 4.68. The Kier molecular flexibility index (Phi) is 8.40. The van der Waals surface area contributed by atoms with Crippen LogP contribution in [0, 0.1) is 11.8 Å². The number of aliphatic hydroxyl groups excluding tert-OH is 1. The summed E-state index contributed by atoms with van der Waals surface area (Å²) in [6.07, 6.45) is 15.1. The number of hydrogen-bond acceptors (Lipinski definition) is 6. The van der Waals surface area contributed by atoms with Crippen molar-refractivity contribution in [2.75, 3.05) is 32.8 Å². The Balaban J connectivity index is 1.69. The number of rotatable bonds is 9. The van der Waals surface area contributed by atoms with E-state index in [-0.39, 0.29) is 29.6 Å². The summed E-state index contributed by atoms with van der Waals surface area (Å²) in [6, 6.07) is -0.610. The maximum atomic E-state index is 14.0. The number of fused-ring (bicyclic) bond motifs is 2. The highest BCUT2D eigenvalue weighted by Crippen LogP contribution is 2.60. The van der Waals surface area contributed by atoms with Crippen LogP contribution in [-0.4, -0.2) is 81.6 Å². The smallest absolute Gasteiger partial charge is 0.311 e. The van der Waals surface area contributed by atoms with E-state index in [1.807, 2.05) is 11.0 Å². The predicted molar refractivity (Wildman–Crippen MR) is 132 cm³/mol. The molecular formula is C26H38N2O5S. The number of nitrogens with zero attached hydrogens (tertiary/aromatic N) is 2. The van der Waals surface area contributed by atoms with Crippen molar-refractivity contribution in [2.24, 2.45) is 11.8 Å². The number of esters is 1. The molecule has 1 N–H and O–H groups in total. The minimum atomic E-state index is -0.761. The largest absolute Gasteiger partial charge is 0.465 e. The van der Waals surface area contributed by atoms with Crippen molar-refractivity contribution in [3.05, 3.63) is 24.3 Å². The van der Waals surface area contributed by atoms with E-state index in [2.05, 4.69) is 25.2 Å². The number of carbonyl (C=O) groups is 3. The van der Waals surface area contributed by atoms with Gasteiger partial charge in [-0.2, -0.15) is 0 Å². The number of thioether (sulfide) groups is 1. The maximum Gasteiger partial charge on any atom is 0.311 e. The van der Waals surface area contributed by atoms with E-state index in [1.165, 1.54) is 0 Å². The lowest BCUT2D eigenvalue weighted by molar-refractivity contribution is -0.153. The fourth-order valence-corrected chi connectivity index (χ4v) is 7.87. The van der Waals surface area contributed by atoms with Gasteiger partial charge in [-0.05, 0) is 38.5 Å². The Labute approximate surface area is 206 Å². The van der Waals surface area contributed by atoms with E-state index in [0.717, 1.165) is 44.9 Å². The van der Waals surface area contributed by atoms with Gasteiger partial charge in [0.1, 0.15) is 6.04 Å². The molecule has 1 spiro atoms. The molecule has 0 bridgehead atoms. The number of amides is 2. The van der Waals surface area contributed by atoms with Crippen molar-refractivity contribution >= 4 is 29.5 Å². The second kappa shape index (κ2) is 11.3. The summed E-state index contributed by atoms with van der Waals surface area (Å²) in [5, 5.41) is 8.99. The summed E-state index contributed by atoms with van der Waals surface area (Å²) in [6.45, 7) is 4.31. The Morgan fingerprint density at radius 2 is 1.91 bits per heavy atom. The maximum absolute atomic E-state index is 14.0. The summed E-state index contributed by atoms with van der Waals surface area (Å²) in [5.74, 6) is -1.61. The van der Waals surface area contributed by atoms with Gasteiger partial charge in [0.2, 0.25) is 11.8 Å². The van der Waals surface area contributed by atoms with Gasteiger partial charge < -0.3 is 19.6 Å². The lowest BCUT2D eigenvalue weighted by Gasteiger charge is -2.35. The molecule has 188 valence electrons. The number of hydrogen-bond donors (Lipinski definition) is 1. The molecule has 4 heterocycles. The van der Waals surface area contributed by atoms with Crippen molar-refractivity contribution in [1.82, 2.24) is 9.80 Å². The molecule has 4 aliphatic heterocycles. The van der Waals surface area contributed by atoms with Gasteiger partial charge >= 0.3 is 5.97 Å². The minimum Gasteiger partial charge on any atom is -0.465 e. The van der Waals surface area contributed by atoms with E-state index in [9.17, 15) is 14.4 Å². The van der Waals surface area contributed by atoms with E-state index < -0.39 is 22.6 Å². The van der Waals surface area contributed by atoms with Crippen LogP contribution in [0.2, 0.25) is 0 Å². The monoisotopic (exact) mass is 490 g/mol. The molecule has 34 heavy (non-hydrogen) atoms. The van der Waals surface area contributed by atoms with Crippen LogP contribution in [0.1, 0.15) is 58.3 Å². The number of cyclic esters (lactones) is 1. The van der Waals surface area contributed by atoms with Crippen molar-refractivity contribution in [3.8, 4) is 0 Å². The highest BCUT2D eigenvalue weighted by atomic mass is 32.2. The number of carbonyl (C=O) groups excluding carboxylic acids is 3. The van der Waals surface area contributed by atoms with Gasteiger partial charge in [-0.25, -0.2) is 0 Å². The second-order valence-electron chi connectivity index (χ2n) is 9.79. The highest BCUT2D eigenvalue weighted by Gasteiger charge is 2.70. The van der Waals surface area contributed by atoms with E-state index in [4.69, 9.17) is 9.84 Å². The Morgan fingerprint density at radius 3 is 2.71 bits per heavy atom. The Hall–Kier alpha value is -1.80. The van der Waals surface area contributed by atoms with Crippen LogP contribution in [0.3, 0.4) is 0 Å². The standard InChI is InChI=1S/C26H38N2O5S/c1-2-3-7-14-27-15-11-13-26-21(20-19(34-26)12-6-4-10-18-33-25(20)32)23(30)28(22(26)24(27)31)16-8-5-9-17-29/h6,11-13,19-22,29H,2-5,7-10,14-18H2,1H3/b12-6-/t19-,20+,21-,22?,26-/m0/s1. The lowest BCUT2D eigenvalue weighted by Crippen LogP contribution is -2.53. The van der Waals surface area contributed by atoms with Crippen LogP contribution in [0.5, 0.6) is 0 Å². The fourth-order valence-electron chi connectivity index (χ4n) is 5.86. The summed E-state index contributed by atoms with van der Waals surface area (Å²) >= 11 is 1.61. The minimum absolute atomic E-state index is 0.00421. The number of allylic oxidation sites excluding steroid dienone is 1. The van der Waals surface area contributed by atoms with Crippen molar-refractivity contribution in [2.45, 2.75) is 74.3 Å². The molecule has 0 aromatic heterocycles. The lowest BCUT2D eigenvalue weighted by atomic mass is 9.78. The van der Waals surface area contributed by atoms with Crippen LogP contribution < -0.4 is 0 Å². The molecule has 0 aromatic carbocycles. The first-order valence-corrected chi connectivity index (χ1v) is 13.8. The SMILES string of the molecule is CCCCCN1CC=C[C@]23S[C@H]4/C=C\CCCOC(=O)[C@H]4[C@H]2C(=O)N(CCCCCO)C3C1=O. The molecule has 7 nitrogen and oxygen atoms in total. The molecule has 4 rings (SSSR count). The average molecular weight is 491 g/mol. The molecule has 0 saturated carbocycles. The summed E-state index contributed by atoms with van der Waals surface area (Å²) in [4.78, 5) is 44.8. The first-order chi connectivity index (χ1) is 16.5. The zero-order valence-corrected chi connectivity index (χ0v) is 21.0. The Morgan fingerprint density at radius 1 is 1.09 bits per heavy atom. The number of ether oxygens (including phenoxy) is 1. The van der Waals surface area contributed by atoms with Crippen molar-refractivity contribution < 1.29 is 24.2 Å². The van der Waals surface area contributed by atoms with Crippen molar-refractivity contribution in [1.29, 1.82) is 0 Å². The fraction of sp³-hybridized carbons (Fsp3) is 0.731. The van der Waals surface area contributed by atoms with Gasteiger partial charge in [-0.3, -0.25) is 14.4 Å².